The number of rotatable bonds is 2. The maximum atomic E-state index is 10.9. The third-order valence-corrected chi connectivity index (χ3v) is 2.22. The Morgan fingerprint density at radius 1 is 1.46 bits per heavy atom. The molecule has 0 saturated carbocycles. The molecule has 0 radical (unpaired) electrons. The molecule has 1 saturated heterocycles. The highest BCUT2D eigenvalue weighted by Crippen LogP contribution is 2.24. The molecule has 0 aromatic rings. The maximum absolute atomic E-state index is 10.9. The normalized spacial score (nSPS) is 20.3. The van der Waals surface area contributed by atoms with E-state index in [0.717, 1.165) is 12.0 Å². The van der Waals surface area contributed by atoms with Crippen LogP contribution in [0.1, 0.15) is 33.1 Å². The highest BCUT2D eigenvalue weighted by molar-refractivity contribution is 5.88. The molecule has 1 heterocycles. The van der Waals surface area contributed by atoms with Gasteiger partial charge in [-0.1, -0.05) is 18.6 Å². The zero-order chi connectivity index (χ0) is 9.84. The molecule has 0 aliphatic carbocycles. The van der Waals surface area contributed by atoms with Gasteiger partial charge in [-0.25, -0.2) is 0 Å². The van der Waals surface area contributed by atoms with Crippen molar-refractivity contribution in [1.82, 2.24) is 0 Å². The van der Waals surface area contributed by atoms with Gasteiger partial charge in [0.2, 0.25) is 0 Å². The highest BCUT2D eigenvalue weighted by Gasteiger charge is 2.27. The second kappa shape index (κ2) is 4.21. The molecule has 0 bridgehead atoms. The zero-order valence-corrected chi connectivity index (χ0v) is 8.00. The summed E-state index contributed by atoms with van der Waals surface area (Å²) in [6.45, 7) is 3.99. The van der Waals surface area contributed by atoms with Gasteiger partial charge in [-0.3, -0.25) is 9.59 Å². The summed E-state index contributed by atoms with van der Waals surface area (Å²) in [6, 6.07) is 0. The number of cyclic esters (lactones) is 2. The van der Waals surface area contributed by atoms with Crippen LogP contribution in [0.15, 0.2) is 11.6 Å². The number of ether oxygens (including phenoxy) is 1. The number of esters is 2. The van der Waals surface area contributed by atoms with Crippen LogP contribution in [0.5, 0.6) is 0 Å². The SMILES string of the molecule is CCC=C(C)C1CC(=O)OC(=O)C1. The van der Waals surface area contributed by atoms with E-state index in [1.54, 1.807) is 0 Å². The summed E-state index contributed by atoms with van der Waals surface area (Å²) in [7, 11) is 0. The minimum Gasteiger partial charge on any atom is -0.393 e. The lowest BCUT2D eigenvalue weighted by Crippen LogP contribution is -2.26. The first kappa shape index (κ1) is 9.96. The Morgan fingerprint density at radius 3 is 2.46 bits per heavy atom. The highest BCUT2D eigenvalue weighted by atomic mass is 16.6. The van der Waals surface area contributed by atoms with Crippen molar-refractivity contribution in [3.05, 3.63) is 11.6 Å². The van der Waals surface area contributed by atoms with Crippen molar-refractivity contribution in [3.8, 4) is 0 Å². The molecule has 0 aromatic heterocycles. The molecule has 0 N–H and O–H groups in total. The lowest BCUT2D eigenvalue weighted by atomic mass is 9.91. The van der Waals surface area contributed by atoms with Crippen LogP contribution in [-0.4, -0.2) is 11.9 Å². The molecule has 0 spiro atoms. The lowest BCUT2D eigenvalue weighted by Gasteiger charge is -2.20. The molecule has 0 unspecified atom stereocenters. The van der Waals surface area contributed by atoms with E-state index < -0.39 is 11.9 Å². The van der Waals surface area contributed by atoms with Crippen LogP contribution in [0.4, 0.5) is 0 Å². The topological polar surface area (TPSA) is 43.4 Å². The summed E-state index contributed by atoms with van der Waals surface area (Å²) in [5.74, 6) is -0.732. The third kappa shape index (κ3) is 2.68. The van der Waals surface area contributed by atoms with Gasteiger partial charge >= 0.3 is 11.9 Å². The van der Waals surface area contributed by atoms with Crippen molar-refractivity contribution in [2.24, 2.45) is 5.92 Å². The predicted molar refractivity (Wildman–Crippen MR) is 47.9 cm³/mol. The molecule has 0 aromatic carbocycles. The van der Waals surface area contributed by atoms with Crippen molar-refractivity contribution in [2.75, 3.05) is 0 Å². The molecule has 3 nitrogen and oxygen atoms in total. The predicted octanol–water partition coefficient (Wildman–Crippen LogP) is 1.82. The summed E-state index contributed by atoms with van der Waals surface area (Å²) < 4.78 is 4.44. The van der Waals surface area contributed by atoms with Crippen molar-refractivity contribution >= 4 is 11.9 Å². The van der Waals surface area contributed by atoms with E-state index in [4.69, 9.17) is 0 Å². The number of hydrogen-bond donors (Lipinski definition) is 0. The smallest absolute Gasteiger partial charge is 0.314 e. The van der Waals surface area contributed by atoms with E-state index in [-0.39, 0.29) is 5.92 Å². The average molecular weight is 182 g/mol. The van der Waals surface area contributed by atoms with Gasteiger partial charge in [0, 0.05) is 5.92 Å². The van der Waals surface area contributed by atoms with Gasteiger partial charge in [0.25, 0.3) is 0 Å². The van der Waals surface area contributed by atoms with Crippen LogP contribution in [0.25, 0.3) is 0 Å². The fourth-order valence-corrected chi connectivity index (χ4v) is 1.50. The van der Waals surface area contributed by atoms with E-state index >= 15 is 0 Å². The maximum Gasteiger partial charge on any atom is 0.314 e. The van der Waals surface area contributed by atoms with Crippen LogP contribution in [-0.2, 0) is 14.3 Å². The van der Waals surface area contributed by atoms with Gasteiger partial charge in [0.15, 0.2) is 0 Å². The zero-order valence-electron chi connectivity index (χ0n) is 8.00. The average Bonchev–Trinajstić information content (AvgIpc) is 2.03. The van der Waals surface area contributed by atoms with E-state index in [1.165, 1.54) is 0 Å². The minimum atomic E-state index is -0.398. The standard InChI is InChI=1S/C10H14O3/c1-3-4-7(2)8-5-9(11)13-10(12)6-8/h4,8H,3,5-6H2,1-2H3. The van der Waals surface area contributed by atoms with Crippen molar-refractivity contribution in [3.63, 3.8) is 0 Å². The number of allylic oxidation sites excluding steroid dienone is 2. The van der Waals surface area contributed by atoms with Crippen molar-refractivity contribution < 1.29 is 14.3 Å². The summed E-state index contributed by atoms with van der Waals surface area (Å²) in [4.78, 5) is 21.8. The van der Waals surface area contributed by atoms with Crippen LogP contribution in [0, 0.1) is 5.92 Å². The van der Waals surface area contributed by atoms with Gasteiger partial charge in [-0.2, -0.15) is 0 Å². The summed E-state index contributed by atoms with van der Waals surface area (Å²) >= 11 is 0. The Bertz CT molecular complexity index is 237. The quantitative estimate of drug-likeness (QED) is 0.371. The minimum absolute atomic E-state index is 0.0636. The molecule has 0 amide bonds. The second-order valence-corrected chi connectivity index (χ2v) is 3.31. The molecule has 0 atom stereocenters. The molecule has 3 heteroatoms. The molecular formula is C10H14O3. The molecule has 13 heavy (non-hydrogen) atoms. The van der Waals surface area contributed by atoms with Gasteiger partial charge in [0.1, 0.15) is 0 Å². The van der Waals surface area contributed by atoms with E-state index in [0.29, 0.717) is 12.8 Å². The Labute approximate surface area is 77.8 Å². The number of carbonyl (C=O) groups is 2. The molecule has 1 aliphatic rings. The molecule has 72 valence electrons. The second-order valence-electron chi connectivity index (χ2n) is 3.31. The Hall–Kier alpha value is -1.12. The first-order valence-corrected chi connectivity index (χ1v) is 4.53. The first-order valence-electron chi connectivity index (χ1n) is 4.53. The largest absolute Gasteiger partial charge is 0.393 e. The Kier molecular flexibility index (Phi) is 3.23. The molecule has 1 rings (SSSR count). The van der Waals surface area contributed by atoms with E-state index in [1.807, 2.05) is 13.8 Å². The molecule has 1 fully saturated rings. The number of hydrogen-bond acceptors (Lipinski definition) is 3. The molecular weight excluding hydrogens is 168 g/mol. The fourth-order valence-electron chi connectivity index (χ4n) is 1.50. The van der Waals surface area contributed by atoms with Crippen LogP contribution >= 0.6 is 0 Å². The van der Waals surface area contributed by atoms with Gasteiger partial charge in [-0.15, -0.1) is 0 Å². The molecule has 1 aliphatic heterocycles. The number of carbonyl (C=O) groups excluding carboxylic acids is 2. The summed E-state index contributed by atoms with van der Waals surface area (Å²) in [5, 5.41) is 0. The Morgan fingerprint density at radius 2 is 2.00 bits per heavy atom. The van der Waals surface area contributed by atoms with Crippen LogP contribution in [0.2, 0.25) is 0 Å². The van der Waals surface area contributed by atoms with Crippen molar-refractivity contribution in [1.29, 1.82) is 0 Å². The third-order valence-electron chi connectivity index (χ3n) is 2.22. The summed E-state index contributed by atoms with van der Waals surface area (Å²) in [6.07, 6.45) is 3.67. The van der Waals surface area contributed by atoms with E-state index in [9.17, 15) is 9.59 Å². The monoisotopic (exact) mass is 182 g/mol. The van der Waals surface area contributed by atoms with Crippen molar-refractivity contribution in [2.45, 2.75) is 33.1 Å². The summed E-state index contributed by atoms with van der Waals surface area (Å²) in [5.41, 5.74) is 1.12. The van der Waals surface area contributed by atoms with Gasteiger partial charge in [-0.05, 0) is 13.3 Å². The van der Waals surface area contributed by atoms with Gasteiger partial charge in [0.05, 0.1) is 12.8 Å². The van der Waals surface area contributed by atoms with E-state index in [2.05, 4.69) is 10.8 Å². The Balaban J connectivity index is 2.65. The fraction of sp³-hybridized carbons (Fsp3) is 0.600. The van der Waals surface area contributed by atoms with Gasteiger partial charge < -0.3 is 4.74 Å². The van der Waals surface area contributed by atoms with Crippen LogP contribution in [0.3, 0.4) is 0 Å². The van der Waals surface area contributed by atoms with Crippen LogP contribution < -0.4 is 0 Å². The first-order chi connectivity index (χ1) is 6.13. The lowest BCUT2D eigenvalue weighted by molar-refractivity contribution is -0.164.